The van der Waals surface area contributed by atoms with E-state index in [-0.39, 0.29) is 30.8 Å². The Hall–Kier alpha value is -1.79. The predicted molar refractivity (Wildman–Crippen MR) is 113 cm³/mol. The molecule has 27 heavy (non-hydrogen) atoms. The van der Waals surface area contributed by atoms with Crippen molar-refractivity contribution in [3.05, 3.63) is 64.1 Å². The molecule has 0 saturated heterocycles. The molecule has 0 bridgehead atoms. The standard InChI is InChI=1S/C19H21Cl2N3O2.ClH/c1-12(18(22)13-6-4-3-5-7-13)19(26)24(2)11-17(25)23-14-8-9-15(20)16(21)10-14;/h3-10,12,18H,11,22H2,1-2H3,(H,23,25);1H. The summed E-state index contributed by atoms with van der Waals surface area (Å²) in [5, 5.41) is 3.44. The number of halogens is 3. The Balaban J connectivity index is 0.00000364. The highest BCUT2D eigenvalue weighted by atomic mass is 35.5. The average molecular weight is 431 g/mol. The molecule has 2 unspecified atom stereocenters. The molecular formula is C19H22Cl3N3O2. The molecule has 0 fully saturated rings. The molecule has 0 aliphatic carbocycles. The van der Waals surface area contributed by atoms with Gasteiger partial charge in [0.25, 0.3) is 0 Å². The van der Waals surface area contributed by atoms with Crippen molar-refractivity contribution in [2.75, 3.05) is 18.9 Å². The predicted octanol–water partition coefficient (Wildman–Crippen LogP) is 4.15. The summed E-state index contributed by atoms with van der Waals surface area (Å²) in [6.45, 7) is 1.66. The molecule has 8 heteroatoms. The fraction of sp³-hybridized carbons (Fsp3) is 0.263. The van der Waals surface area contributed by atoms with E-state index in [0.717, 1.165) is 5.56 Å². The smallest absolute Gasteiger partial charge is 0.243 e. The molecule has 0 spiro atoms. The Kier molecular flexibility index (Phi) is 9.06. The van der Waals surface area contributed by atoms with Crippen molar-refractivity contribution in [2.45, 2.75) is 13.0 Å². The van der Waals surface area contributed by atoms with Gasteiger partial charge in [0, 0.05) is 18.8 Å². The van der Waals surface area contributed by atoms with Crippen LogP contribution in [-0.2, 0) is 9.59 Å². The van der Waals surface area contributed by atoms with E-state index in [9.17, 15) is 9.59 Å². The van der Waals surface area contributed by atoms with Crippen molar-refractivity contribution in [3.63, 3.8) is 0 Å². The zero-order valence-electron chi connectivity index (χ0n) is 15.0. The zero-order chi connectivity index (χ0) is 19.3. The van der Waals surface area contributed by atoms with Crippen molar-refractivity contribution >= 4 is 53.1 Å². The van der Waals surface area contributed by atoms with E-state index in [1.54, 1.807) is 32.2 Å². The number of hydrogen-bond acceptors (Lipinski definition) is 3. The maximum atomic E-state index is 12.6. The van der Waals surface area contributed by atoms with Crippen molar-refractivity contribution in [1.82, 2.24) is 4.90 Å². The SMILES string of the molecule is CC(C(=O)N(C)CC(=O)Nc1ccc(Cl)c(Cl)c1)C(N)c1ccccc1.Cl. The van der Waals surface area contributed by atoms with Gasteiger partial charge in [0.1, 0.15) is 0 Å². The minimum absolute atomic E-state index is 0. The number of nitrogens with one attached hydrogen (secondary N) is 1. The number of carbonyl (C=O) groups excluding carboxylic acids is 2. The molecule has 2 atom stereocenters. The second kappa shape index (κ2) is 10.5. The molecular weight excluding hydrogens is 409 g/mol. The van der Waals surface area contributed by atoms with E-state index >= 15 is 0 Å². The maximum Gasteiger partial charge on any atom is 0.243 e. The van der Waals surface area contributed by atoms with Crippen molar-refractivity contribution in [1.29, 1.82) is 0 Å². The van der Waals surface area contributed by atoms with E-state index in [0.29, 0.717) is 15.7 Å². The molecule has 0 heterocycles. The van der Waals surface area contributed by atoms with E-state index in [2.05, 4.69) is 5.32 Å². The molecule has 0 aliphatic heterocycles. The third-order valence-corrected chi connectivity index (χ3v) is 4.81. The summed E-state index contributed by atoms with van der Waals surface area (Å²) in [6.07, 6.45) is 0. The molecule has 2 amide bonds. The lowest BCUT2D eigenvalue weighted by Gasteiger charge is -2.25. The lowest BCUT2D eigenvalue weighted by Crippen LogP contribution is -2.41. The molecule has 3 N–H and O–H groups in total. The van der Waals surface area contributed by atoms with Crippen LogP contribution in [-0.4, -0.2) is 30.3 Å². The summed E-state index contributed by atoms with van der Waals surface area (Å²) in [5.74, 6) is -0.995. The molecule has 0 aliphatic rings. The van der Waals surface area contributed by atoms with Crippen LogP contribution in [0.1, 0.15) is 18.5 Å². The third kappa shape index (κ3) is 6.40. The van der Waals surface area contributed by atoms with E-state index in [1.165, 1.54) is 4.90 Å². The first-order chi connectivity index (χ1) is 12.3. The Morgan fingerprint density at radius 2 is 1.74 bits per heavy atom. The Labute approximate surface area is 175 Å². The topological polar surface area (TPSA) is 75.4 Å². The number of amides is 2. The third-order valence-electron chi connectivity index (χ3n) is 4.07. The molecule has 5 nitrogen and oxygen atoms in total. The first-order valence-electron chi connectivity index (χ1n) is 8.10. The molecule has 2 aromatic carbocycles. The normalized spacial score (nSPS) is 12.5. The molecule has 0 aromatic heterocycles. The summed E-state index contributed by atoms with van der Waals surface area (Å²) in [7, 11) is 1.57. The van der Waals surface area contributed by atoms with Crippen LogP contribution in [0.4, 0.5) is 5.69 Å². The van der Waals surface area contributed by atoms with Crippen LogP contribution in [0, 0.1) is 5.92 Å². The number of nitrogens with zero attached hydrogens (tertiary/aromatic N) is 1. The second-order valence-corrected chi connectivity index (χ2v) is 6.91. The van der Waals surface area contributed by atoms with Gasteiger partial charge in [0.15, 0.2) is 0 Å². The Morgan fingerprint density at radius 3 is 2.33 bits per heavy atom. The largest absolute Gasteiger partial charge is 0.336 e. The van der Waals surface area contributed by atoms with Gasteiger partial charge in [-0.15, -0.1) is 12.4 Å². The lowest BCUT2D eigenvalue weighted by molar-refractivity contribution is -0.137. The van der Waals surface area contributed by atoms with Gasteiger partial charge in [-0.1, -0.05) is 60.5 Å². The van der Waals surface area contributed by atoms with Crippen LogP contribution >= 0.6 is 35.6 Å². The fourth-order valence-electron chi connectivity index (χ4n) is 2.53. The number of rotatable bonds is 6. The highest BCUT2D eigenvalue weighted by Gasteiger charge is 2.26. The molecule has 146 valence electrons. The van der Waals surface area contributed by atoms with Crippen molar-refractivity contribution in [3.8, 4) is 0 Å². The summed E-state index contributed by atoms with van der Waals surface area (Å²) in [5.41, 5.74) is 7.58. The summed E-state index contributed by atoms with van der Waals surface area (Å²) >= 11 is 11.8. The van der Waals surface area contributed by atoms with Gasteiger partial charge in [-0.05, 0) is 23.8 Å². The quantitative estimate of drug-likeness (QED) is 0.723. The summed E-state index contributed by atoms with van der Waals surface area (Å²) < 4.78 is 0. The summed E-state index contributed by atoms with van der Waals surface area (Å²) in [4.78, 5) is 26.1. The Bertz CT molecular complexity index is 787. The highest BCUT2D eigenvalue weighted by Crippen LogP contribution is 2.25. The first kappa shape index (κ1) is 23.2. The second-order valence-electron chi connectivity index (χ2n) is 6.10. The van der Waals surface area contributed by atoms with Gasteiger partial charge >= 0.3 is 0 Å². The van der Waals surface area contributed by atoms with Crippen LogP contribution in [0.2, 0.25) is 10.0 Å². The van der Waals surface area contributed by atoms with Gasteiger partial charge in [-0.3, -0.25) is 9.59 Å². The number of benzene rings is 2. The van der Waals surface area contributed by atoms with E-state index in [4.69, 9.17) is 28.9 Å². The van der Waals surface area contributed by atoms with E-state index in [1.807, 2.05) is 30.3 Å². The minimum Gasteiger partial charge on any atom is -0.336 e. The van der Waals surface area contributed by atoms with Crippen LogP contribution < -0.4 is 11.1 Å². The number of nitrogens with two attached hydrogens (primary N) is 1. The fourth-order valence-corrected chi connectivity index (χ4v) is 2.83. The van der Waals surface area contributed by atoms with Gasteiger partial charge in [-0.2, -0.15) is 0 Å². The van der Waals surface area contributed by atoms with Crippen LogP contribution in [0.25, 0.3) is 0 Å². The van der Waals surface area contributed by atoms with Crippen LogP contribution in [0.5, 0.6) is 0 Å². The number of anilines is 1. The zero-order valence-corrected chi connectivity index (χ0v) is 17.3. The minimum atomic E-state index is -0.458. The van der Waals surface area contributed by atoms with Crippen LogP contribution in [0.15, 0.2) is 48.5 Å². The lowest BCUT2D eigenvalue weighted by atomic mass is 9.94. The van der Waals surface area contributed by atoms with Crippen LogP contribution in [0.3, 0.4) is 0 Å². The first-order valence-corrected chi connectivity index (χ1v) is 8.85. The Morgan fingerprint density at radius 1 is 1.11 bits per heavy atom. The van der Waals surface area contributed by atoms with Gasteiger partial charge in [0.05, 0.1) is 22.5 Å². The molecule has 2 aromatic rings. The van der Waals surface area contributed by atoms with Crippen molar-refractivity contribution in [2.24, 2.45) is 11.7 Å². The monoisotopic (exact) mass is 429 g/mol. The van der Waals surface area contributed by atoms with Gasteiger partial charge < -0.3 is 16.0 Å². The summed E-state index contributed by atoms with van der Waals surface area (Å²) in [6, 6.07) is 13.7. The molecule has 2 rings (SSSR count). The average Bonchev–Trinajstić information content (AvgIpc) is 2.63. The maximum absolute atomic E-state index is 12.6. The highest BCUT2D eigenvalue weighted by molar-refractivity contribution is 6.42. The van der Waals surface area contributed by atoms with Gasteiger partial charge in [-0.25, -0.2) is 0 Å². The van der Waals surface area contributed by atoms with E-state index < -0.39 is 12.0 Å². The number of hydrogen-bond donors (Lipinski definition) is 2. The number of likely N-dealkylation sites (N-methyl/N-ethyl adjacent to an activating group) is 1. The molecule has 0 radical (unpaired) electrons. The number of carbonyl (C=O) groups is 2. The van der Waals surface area contributed by atoms with Crippen molar-refractivity contribution < 1.29 is 9.59 Å². The molecule has 0 saturated carbocycles. The van der Waals surface area contributed by atoms with Gasteiger partial charge in [0.2, 0.25) is 11.8 Å².